The van der Waals surface area contributed by atoms with Crippen LogP contribution in [0.3, 0.4) is 0 Å². The van der Waals surface area contributed by atoms with Crippen molar-refractivity contribution in [2.75, 3.05) is 5.73 Å². The molecule has 1 saturated carbocycles. The van der Waals surface area contributed by atoms with Gasteiger partial charge in [0.1, 0.15) is 11.7 Å². The molecule has 0 aliphatic heterocycles. The van der Waals surface area contributed by atoms with Crippen LogP contribution >= 0.6 is 0 Å². The molecule has 0 aromatic carbocycles. The molecule has 2 atom stereocenters. The van der Waals surface area contributed by atoms with E-state index in [4.69, 9.17) is 16.2 Å². The van der Waals surface area contributed by atoms with Gasteiger partial charge in [0.05, 0.1) is 11.9 Å². The molecule has 2 rings (SSSR count). The van der Waals surface area contributed by atoms with Gasteiger partial charge in [-0.15, -0.1) is 0 Å². The van der Waals surface area contributed by atoms with E-state index in [1.807, 2.05) is 0 Å². The number of carbonyl (C=O) groups is 1. The molecular weight excluding hydrogens is 230 g/mol. The van der Waals surface area contributed by atoms with Crippen molar-refractivity contribution in [1.29, 1.82) is 0 Å². The fourth-order valence-corrected chi connectivity index (χ4v) is 2.34. The third-order valence-electron chi connectivity index (χ3n) is 3.43. The molecule has 0 bridgehead atoms. The maximum Gasteiger partial charge on any atom is 0.254 e. The summed E-state index contributed by atoms with van der Waals surface area (Å²) in [5.41, 5.74) is 11.6. The zero-order chi connectivity index (χ0) is 13.1. The summed E-state index contributed by atoms with van der Waals surface area (Å²) in [6.45, 7) is 2.16. The molecule has 1 aliphatic rings. The highest BCUT2D eigenvalue weighted by atomic mass is 16.5. The van der Waals surface area contributed by atoms with E-state index in [1.54, 1.807) is 0 Å². The number of nitrogens with two attached hydrogens (primary N) is 2. The van der Waals surface area contributed by atoms with Gasteiger partial charge in [0.2, 0.25) is 5.88 Å². The highest BCUT2D eigenvalue weighted by Gasteiger charge is 2.25. The molecular formula is C13H19N3O2. The Kier molecular flexibility index (Phi) is 3.69. The lowest BCUT2D eigenvalue weighted by Gasteiger charge is -2.29. The van der Waals surface area contributed by atoms with E-state index in [0.29, 0.717) is 17.5 Å². The van der Waals surface area contributed by atoms with Crippen LogP contribution in [0.1, 0.15) is 43.0 Å². The summed E-state index contributed by atoms with van der Waals surface area (Å²) in [7, 11) is 0. The summed E-state index contributed by atoms with van der Waals surface area (Å²) in [4.78, 5) is 15.4. The summed E-state index contributed by atoms with van der Waals surface area (Å²) < 4.78 is 5.85. The molecule has 5 heteroatoms. The summed E-state index contributed by atoms with van der Waals surface area (Å²) >= 11 is 0. The molecule has 1 fully saturated rings. The van der Waals surface area contributed by atoms with Crippen LogP contribution in [0.4, 0.5) is 5.69 Å². The van der Waals surface area contributed by atoms with E-state index < -0.39 is 5.91 Å². The Morgan fingerprint density at radius 3 is 2.83 bits per heavy atom. The highest BCUT2D eigenvalue weighted by Crippen LogP contribution is 2.29. The molecule has 5 nitrogen and oxygen atoms in total. The van der Waals surface area contributed by atoms with Crippen molar-refractivity contribution >= 4 is 11.6 Å². The lowest BCUT2D eigenvalue weighted by Crippen LogP contribution is -2.29. The van der Waals surface area contributed by atoms with Crippen LogP contribution < -0.4 is 16.2 Å². The first kappa shape index (κ1) is 12.7. The van der Waals surface area contributed by atoms with E-state index in [0.717, 1.165) is 19.3 Å². The maximum atomic E-state index is 11.3. The number of anilines is 1. The van der Waals surface area contributed by atoms with Crippen LogP contribution in [0.25, 0.3) is 0 Å². The topological polar surface area (TPSA) is 91.2 Å². The number of nitrogens with zero attached hydrogens (tertiary/aromatic N) is 1. The molecule has 18 heavy (non-hydrogen) atoms. The summed E-state index contributed by atoms with van der Waals surface area (Å²) in [6, 6.07) is 1.51. The summed E-state index contributed by atoms with van der Waals surface area (Å²) in [6.07, 6.45) is 6.11. The van der Waals surface area contributed by atoms with Gasteiger partial charge >= 0.3 is 0 Å². The van der Waals surface area contributed by atoms with E-state index in [9.17, 15) is 4.79 Å². The lowest BCUT2D eigenvalue weighted by molar-refractivity contribution is 0.0906. The first-order valence-electron chi connectivity index (χ1n) is 6.30. The molecule has 1 heterocycles. The van der Waals surface area contributed by atoms with E-state index in [-0.39, 0.29) is 11.7 Å². The number of ether oxygens (including phenoxy) is 1. The fraction of sp³-hybridized carbons (Fsp3) is 0.538. The Balaban J connectivity index is 2.20. The summed E-state index contributed by atoms with van der Waals surface area (Å²) in [5, 5.41) is 0. The number of hydrogen-bond acceptors (Lipinski definition) is 4. The monoisotopic (exact) mass is 249 g/mol. The lowest BCUT2D eigenvalue weighted by atomic mass is 9.88. The standard InChI is InChI=1S/C13H19N3O2/c1-8-4-2-3-5-11(8)18-13-10(12(15)17)6-9(14)7-16-13/h6-8,11H,2-5,14H2,1H3,(H2,15,17). The van der Waals surface area contributed by atoms with E-state index >= 15 is 0 Å². The number of aromatic nitrogens is 1. The van der Waals surface area contributed by atoms with E-state index in [2.05, 4.69) is 11.9 Å². The quantitative estimate of drug-likeness (QED) is 0.853. The second-order valence-electron chi connectivity index (χ2n) is 4.90. The minimum absolute atomic E-state index is 0.105. The van der Waals surface area contributed by atoms with Crippen LogP contribution in [-0.4, -0.2) is 17.0 Å². The smallest absolute Gasteiger partial charge is 0.254 e. The molecule has 0 radical (unpaired) electrons. The van der Waals surface area contributed by atoms with Gasteiger partial charge in [-0.1, -0.05) is 13.3 Å². The second-order valence-corrected chi connectivity index (χ2v) is 4.90. The number of hydrogen-bond donors (Lipinski definition) is 2. The van der Waals surface area contributed by atoms with Gasteiger partial charge < -0.3 is 16.2 Å². The van der Waals surface area contributed by atoms with Crippen molar-refractivity contribution < 1.29 is 9.53 Å². The Bertz CT molecular complexity index is 448. The predicted molar refractivity (Wildman–Crippen MR) is 69.2 cm³/mol. The third kappa shape index (κ3) is 2.72. The number of carbonyl (C=O) groups excluding carboxylic acids is 1. The van der Waals surface area contributed by atoms with Gasteiger partial charge in [-0.3, -0.25) is 4.79 Å². The first-order valence-corrected chi connectivity index (χ1v) is 6.30. The zero-order valence-electron chi connectivity index (χ0n) is 10.6. The largest absolute Gasteiger partial charge is 0.474 e. The zero-order valence-corrected chi connectivity index (χ0v) is 10.6. The van der Waals surface area contributed by atoms with Crippen molar-refractivity contribution in [3.05, 3.63) is 17.8 Å². The van der Waals surface area contributed by atoms with Gasteiger partial charge in [0.25, 0.3) is 5.91 Å². The molecule has 4 N–H and O–H groups in total. The van der Waals surface area contributed by atoms with Gasteiger partial charge in [-0.05, 0) is 31.2 Å². The van der Waals surface area contributed by atoms with Crippen molar-refractivity contribution in [2.45, 2.75) is 38.7 Å². The summed E-state index contributed by atoms with van der Waals surface area (Å²) in [5.74, 6) is 0.211. The number of primary amides is 1. The van der Waals surface area contributed by atoms with Gasteiger partial charge in [-0.25, -0.2) is 4.98 Å². The fourth-order valence-electron chi connectivity index (χ4n) is 2.34. The van der Waals surface area contributed by atoms with E-state index in [1.165, 1.54) is 18.7 Å². The minimum atomic E-state index is -0.562. The normalized spacial score (nSPS) is 23.6. The van der Waals surface area contributed by atoms with Crippen LogP contribution in [-0.2, 0) is 0 Å². The van der Waals surface area contributed by atoms with Crippen LogP contribution in [0.2, 0.25) is 0 Å². The average Bonchev–Trinajstić information content (AvgIpc) is 2.34. The number of amides is 1. The van der Waals surface area contributed by atoms with Crippen molar-refractivity contribution in [3.8, 4) is 5.88 Å². The molecule has 2 unspecified atom stereocenters. The Hall–Kier alpha value is -1.78. The molecule has 1 aromatic heterocycles. The number of nitrogen functional groups attached to an aromatic ring is 1. The van der Waals surface area contributed by atoms with Crippen molar-refractivity contribution in [3.63, 3.8) is 0 Å². The SMILES string of the molecule is CC1CCCCC1Oc1ncc(N)cc1C(N)=O. The van der Waals surface area contributed by atoms with Gasteiger partial charge in [-0.2, -0.15) is 0 Å². The second kappa shape index (κ2) is 5.25. The Morgan fingerprint density at radius 1 is 1.44 bits per heavy atom. The van der Waals surface area contributed by atoms with Crippen LogP contribution in [0.15, 0.2) is 12.3 Å². The third-order valence-corrected chi connectivity index (χ3v) is 3.43. The molecule has 1 aromatic rings. The molecule has 98 valence electrons. The van der Waals surface area contributed by atoms with Gasteiger partial charge in [0, 0.05) is 0 Å². The van der Waals surface area contributed by atoms with Crippen LogP contribution in [0, 0.1) is 5.92 Å². The van der Waals surface area contributed by atoms with Crippen molar-refractivity contribution in [1.82, 2.24) is 4.98 Å². The molecule has 1 amide bonds. The van der Waals surface area contributed by atoms with Crippen molar-refractivity contribution in [2.24, 2.45) is 11.7 Å². The molecule has 0 saturated heterocycles. The highest BCUT2D eigenvalue weighted by molar-refractivity contribution is 5.95. The minimum Gasteiger partial charge on any atom is -0.474 e. The number of rotatable bonds is 3. The first-order chi connectivity index (χ1) is 8.58. The van der Waals surface area contributed by atoms with Crippen LogP contribution in [0.5, 0.6) is 5.88 Å². The molecule has 0 spiro atoms. The average molecular weight is 249 g/mol. The number of pyridine rings is 1. The van der Waals surface area contributed by atoms with Gasteiger partial charge in [0.15, 0.2) is 0 Å². The molecule has 1 aliphatic carbocycles. The predicted octanol–water partition coefficient (Wildman–Crippen LogP) is 1.72. The Morgan fingerprint density at radius 2 is 2.17 bits per heavy atom. The Labute approximate surface area is 107 Å². The maximum absolute atomic E-state index is 11.3.